The van der Waals surface area contributed by atoms with Crippen molar-refractivity contribution in [3.8, 4) is 6.07 Å². The molecule has 6 nitrogen and oxygen atoms in total. The number of carbonyl (C=O) groups is 2. The van der Waals surface area contributed by atoms with E-state index in [1.807, 2.05) is 11.0 Å². The molecule has 1 N–H and O–H groups in total. The van der Waals surface area contributed by atoms with Crippen LogP contribution in [0.4, 0.5) is 5.69 Å². The smallest absolute Gasteiger partial charge is 0.312 e. The number of piperazine rings is 1. The molecule has 1 aromatic carbocycles. The first-order chi connectivity index (χ1) is 11.1. The van der Waals surface area contributed by atoms with Crippen LogP contribution in [0.2, 0.25) is 5.02 Å². The highest BCUT2D eigenvalue weighted by Gasteiger charge is 2.31. The Balaban J connectivity index is 1.61. The molecule has 0 bridgehead atoms. The molecule has 1 heterocycles. The molecule has 0 radical (unpaired) electrons. The molecule has 7 heteroatoms. The minimum Gasteiger partial charge on any atom is -0.367 e. The second-order valence-electron chi connectivity index (χ2n) is 5.80. The van der Waals surface area contributed by atoms with Crippen LogP contribution in [0.15, 0.2) is 18.2 Å². The van der Waals surface area contributed by atoms with Gasteiger partial charge in [-0.15, -0.1) is 0 Å². The van der Waals surface area contributed by atoms with Gasteiger partial charge in [-0.3, -0.25) is 9.59 Å². The fraction of sp³-hybridized carbons (Fsp3) is 0.438. The normalized spacial score (nSPS) is 17.6. The molecule has 0 aromatic heterocycles. The van der Waals surface area contributed by atoms with Crippen LogP contribution in [0.25, 0.3) is 0 Å². The Hall–Kier alpha value is -2.26. The highest BCUT2D eigenvalue weighted by molar-refractivity contribution is 6.35. The third-order valence-electron chi connectivity index (χ3n) is 4.09. The molecular weight excluding hydrogens is 316 g/mol. The number of benzene rings is 1. The summed E-state index contributed by atoms with van der Waals surface area (Å²) in [6.45, 7) is 2.09. The first kappa shape index (κ1) is 15.6. The maximum Gasteiger partial charge on any atom is 0.312 e. The van der Waals surface area contributed by atoms with E-state index in [0.29, 0.717) is 36.8 Å². The Kier molecular flexibility index (Phi) is 4.39. The summed E-state index contributed by atoms with van der Waals surface area (Å²) in [4.78, 5) is 27.5. The number of halogens is 1. The second-order valence-corrected chi connectivity index (χ2v) is 6.24. The van der Waals surface area contributed by atoms with E-state index in [0.717, 1.165) is 18.5 Å². The van der Waals surface area contributed by atoms with Gasteiger partial charge in [0, 0.05) is 37.2 Å². The molecule has 120 valence electrons. The molecule has 2 fully saturated rings. The van der Waals surface area contributed by atoms with Crippen molar-refractivity contribution < 1.29 is 9.59 Å². The van der Waals surface area contributed by atoms with Crippen LogP contribution < -0.4 is 10.2 Å². The third kappa shape index (κ3) is 3.57. The van der Waals surface area contributed by atoms with Crippen LogP contribution in [0.5, 0.6) is 0 Å². The number of carbonyl (C=O) groups excluding carboxylic acids is 2. The molecule has 1 saturated carbocycles. The van der Waals surface area contributed by atoms with Gasteiger partial charge in [0.2, 0.25) is 0 Å². The van der Waals surface area contributed by atoms with Gasteiger partial charge in [-0.2, -0.15) is 5.26 Å². The van der Waals surface area contributed by atoms with Crippen LogP contribution >= 0.6 is 11.6 Å². The number of nitriles is 1. The Morgan fingerprint density at radius 3 is 2.52 bits per heavy atom. The minimum atomic E-state index is -0.509. The van der Waals surface area contributed by atoms with Crippen LogP contribution in [0.1, 0.15) is 18.4 Å². The van der Waals surface area contributed by atoms with Gasteiger partial charge < -0.3 is 15.1 Å². The van der Waals surface area contributed by atoms with E-state index < -0.39 is 11.8 Å². The van der Waals surface area contributed by atoms with E-state index in [2.05, 4.69) is 11.4 Å². The van der Waals surface area contributed by atoms with E-state index in [4.69, 9.17) is 11.6 Å². The standard InChI is InChI=1S/C16H17ClN4O2/c17-12-1-4-14(11(9-12)10-18)20-5-7-21(8-6-20)16(23)15(22)19-13-2-3-13/h1,4,9,13H,2-3,5-8H2,(H,19,22). The van der Waals surface area contributed by atoms with Crippen molar-refractivity contribution in [3.63, 3.8) is 0 Å². The molecule has 0 unspecified atom stereocenters. The summed E-state index contributed by atoms with van der Waals surface area (Å²) in [5, 5.41) is 12.5. The lowest BCUT2D eigenvalue weighted by Gasteiger charge is -2.36. The lowest BCUT2D eigenvalue weighted by molar-refractivity contribution is -0.146. The SMILES string of the molecule is N#Cc1cc(Cl)ccc1N1CCN(C(=O)C(=O)NC2CC2)CC1. The second kappa shape index (κ2) is 6.47. The number of nitrogens with one attached hydrogen (secondary N) is 1. The molecule has 1 saturated heterocycles. The van der Waals surface area contributed by atoms with Crippen LogP contribution in [-0.2, 0) is 9.59 Å². The summed E-state index contributed by atoms with van der Waals surface area (Å²) in [7, 11) is 0. The molecular formula is C16H17ClN4O2. The third-order valence-corrected chi connectivity index (χ3v) is 4.33. The molecule has 1 aromatic rings. The molecule has 23 heavy (non-hydrogen) atoms. The van der Waals surface area contributed by atoms with Crippen LogP contribution in [0, 0.1) is 11.3 Å². The number of hydrogen-bond acceptors (Lipinski definition) is 4. The molecule has 0 spiro atoms. The van der Waals surface area contributed by atoms with Gasteiger partial charge >= 0.3 is 11.8 Å². The number of amides is 2. The van der Waals surface area contributed by atoms with Gasteiger partial charge in [0.15, 0.2) is 0 Å². The monoisotopic (exact) mass is 332 g/mol. The number of nitrogens with zero attached hydrogens (tertiary/aromatic N) is 3. The highest BCUT2D eigenvalue weighted by atomic mass is 35.5. The Labute approximate surface area is 139 Å². The Bertz CT molecular complexity index is 673. The van der Waals surface area contributed by atoms with Crippen molar-refractivity contribution in [1.29, 1.82) is 5.26 Å². The predicted molar refractivity (Wildman–Crippen MR) is 86.1 cm³/mol. The van der Waals surface area contributed by atoms with E-state index in [9.17, 15) is 14.9 Å². The number of hydrogen-bond donors (Lipinski definition) is 1. The Morgan fingerprint density at radius 2 is 1.91 bits per heavy atom. The molecule has 0 atom stereocenters. The molecule has 1 aliphatic heterocycles. The zero-order valence-electron chi connectivity index (χ0n) is 12.6. The summed E-state index contributed by atoms with van der Waals surface area (Å²) < 4.78 is 0. The van der Waals surface area contributed by atoms with Crippen molar-refractivity contribution in [3.05, 3.63) is 28.8 Å². The van der Waals surface area contributed by atoms with Gasteiger partial charge in [0.05, 0.1) is 11.3 Å². The molecule has 2 aliphatic rings. The van der Waals surface area contributed by atoms with Crippen molar-refractivity contribution in [1.82, 2.24) is 10.2 Å². The summed E-state index contributed by atoms with van der Waals surface area (Å²) in [5.74, 6) is -0.974. The molecule has 1 aliphatic carbocycles. The lowest BCUT2D eigenvalue weighted by atomic mass is 10.1. The fourth-order valence-corrected chi connectivity index (χ4v) is 2.81. The van der Waals surface area contributed by atoms with E-state index in [1.165, 1.54) is 0 Å². The number of anilines is 1. The predicted octanol–water partition coefficient (Wildman–Crippen LogP) is 1.14. The summed E-state index contributed by atoms with van der Waals surface area (Å²) in [5.41, 5.74) is 1.33. The fourth-order valence-electron chi connectivity index (χ4n) is 2.64. The van der Waals surface area contributed by atoms with Gasteiger partial charge in [-0.25, -0.2) is 0 Å². The Morgan fingerprint density at radius 1 is 1.22 bits per heavy atom. The summed E-state index contributed by atoms with van der Waals surface area (Å²) in [6, 6.07) is 7.53. The van der Waals surface area contributed by atoms with Crippen molar-refractivity contribution in [2.45, 2.75) is 18.9 Å². The zero-order valence-corrected chi connectivity index (χ0v) is 13.3. The maximum absolute atomic E-state index is 12.1. The zero-order chi connectivity index (χ0) is 16.4. The highest BCUT2D eigenvalue weighted by Crippen LogP contribution is 2.25. The lowest BCUT2D eigenvalue weighted by Crippen LogP contribution is -2.53. The van der Waals surface area contributed by atoms with Gasteiger partial charge in [-0.05, 0) is 31.0 Å². The van der Waals surface area contributed by atoms with E-state index in [1.54, 1.807) is 17.0 Å². The largest absolute Gasteiger partial charge is 0.367 e. The molecule has 3 rings (SSSR count). The van der Waals surface area contributed by atoms with Gasteiger partial charge in [-0.1, -0.05) is 11.6 Å². The van der Waals surface area contributed by atoms with Crippen molar-refractivity contribution in [2.75, 3.05) is 31.1 Å². The average molecular weight is 333 g/mol. The topological polar surface area (TPSA) is 76.4 Å². The number of rotatable bonds is 2. The average Bonchev–Trinajstić information content (AvgIpc) is 3.38. The summed E-state index contributed by atoms with van der Waals surface area (Å²) >= 11 is 5.91. The first-order valence-corrected chi connectivity index (χ1v) is 8.00. The minimum absolute atomic E-state index is 0.181. The van der Waals surface area contributed by atoms with Gasteiger partial charge in [0.25, 0.3) is 0 Å². The molecule has 2 amide bonds. The van der Waals surface area contributed by atoms with Crippen molar-refractivity contribution >= 4 is 29.1 Å². The van der Waals surface area contributed by atoms with Crippen LogP contribution in [-0.4, -0.2) is 48.9 Å². The summed E-state index contributed by atoms with van der Waals surface area (Å²) in [6.07, 6.45) is 1.92. The van der Waals surface area contributed by atoms with Crippen LogP contribution in [0.3, 0.4) is 0 Å². The first-order valence-electron chi connectivity index (χ1n) is 7.63. The van der Waals surface area contributed by atoms with E-state index in [-0.39, 0.29) is 6.04 Å². The van der Waals surface area contributed by atoms with Crippen molar-refractivity contribution in [2.24, 2.45) is 0 Å². The quantitative estimate of drug-likeness (QED) is 0.824. The maximum atomic E-state index is 12.1. The van der Waals surface area contributed by atoms with E-state index >= 15 is 0 Å². The van der Waals surface area contributed by atoms with Gasteiger partial charge in [0.1, 0.15) is 6.07 Å².